The van der Waals surface area contributed by atoms with E-state index in [0.717, 1.165) is 46.1 Å². The van der Waals surface area contributed by atoms with Crippen molar-refractivity contribution in [1.29, 1.82) is 0 Å². The number of fused-ring (bicyclic) bond motifs is 1. The zero-order chi connectivity index (χ0) is 27.5. The van der Waals surface area contributed by atoms with Crippen molar-refractivity contribution in [2.24, 2.45) is 11.0 Å². The number of nitrogens with zero attached hydrogens (tertiary/aromatic N) is 3. The van der Waals surface area contributed by atoms with E-state index in [1.807, 2.05) is 54.6 Å². The Morgan fingerprint density at radius 1 is 0.825 bits per heavy atom. The van der Waals surface area contributed by atoms with Crippen LogP contribution in [0.4, 0.5) is 10.1 Å². The summed E-state index contributed by atoms with van der Waals surface area (Å²) in [6.45, 7) is 1.96. The molecule has 40 heavy (non-hydrogen) atoms. The molecule has 202 valence electrons. The molecule has 4 aromatic rings. The van der Waals surface area contributed by atoms with E-state index in [0.29, 0.717) is 18.7 Å². The number of benzene rings is 4. The van der Waals surface area contributed by atoms with Gasteiger partial charge in [-0.15, -0.1) is 0 Å². The second-order valence-corrected chi connectivity index (χ2v) is 10.2. The first kappa shape index (κ1) is 25.8. The summed E-state index contributed by atoms with van der Waals surface area (Å²) in [5.41, 5.74) is 6.18. The quantitative estimate of drug-likeness (QED) is 0.257. The summed E-state index contributed by atoms with van der Waals surface area (Å²) in [6, 6.07) is 33.6. The Labute approximate surface area is 234 Å². The number of ether oxygens (including phenoxy) is 2. The van der Waals surface area contributed by atoms with E-state index in [4.69, 9.17) is 14.6 Å². The van der Waals surface area contributed by atoms with Crippen molar-refractivity contribution >= 4 is 17.5 Å². The number of hydrogen-bond donors (Lipinski definition) is 0. The van der Waals surface area contributed by atoms with Gasteiger partial charge < -0.3 is 9.47 Å². The first-order valence-corrected chi connectivity index (χ1v) is 13.5. The van der Waals surface area contributed by atoms with E-state index < -0.39 is 0 Å². The summed E-state index contributed by atoms with van der Waals surface area (Å²) in [5, 5.41) is 7.43. The van der Waals surface area contributed by atoms with Gasteiger partial charge >= 0.3 is 0 Å². The maximum absolute atomic E-state index is 14.7. The lowest BCUT2D eigenvalue weighted by atomic mass is 9.82. The third-order valence-electron chi connectivity index (χ3n) is 7.68. The monoisotopic (exact) mass is 533 g/mol. The molecule has 2 aliphatic heterocycles. The minimum absolute atomic E-state index is 0.0222. The Hall–Kier alpha value is -4.42. The molecular formula is C34H32FN3O2. The number of rotatable bonds is 7. The molecule has 2 heterocycles. The van der Waals surface area contributed by atoms with Crippen molar-refractivity contribution in [1.82, 2.24) is 4.90 Å². The van der Waals surface area contributed by atoms with Crippen LogP contribution in [-0.2, 0) is 6.54 Å². The van der Waals surface area contributed by atoms with Gasteiger partial charge in [-0.1, -0.05) is 60.7 Å². The van der Waals surface area contributed by atoms with E-state index in [1.54, 1.807) is 20.3 Å². The van der Waals surface area contributed by atoms with Gasteiger partial charge in [0.1, 0.15) is 17.3 Å². The molecule has 1 saturated heterocycles. The fourth-order valence-corrected chi connectivity index (χ4v) is 5.71. The van der Waals surface area contributed by atoms with Gasteiger partial charge in [0.05, 0.1) is 31.7 Å². The Morgan fingerprint density at radius 3 is 2.15 bits per heavy atom. The van der Waals surface area contributed by atoms with Gasteiger partial charge in [0.2, 0.25) is 0 Å². The van der Waals surface area contributed by atoms with Crippen molar-refractivity contribution in [2.45, 2.75) is 12.6 Å². The molecule has 0 spiro atoms. The van der Waals surface area contributed by atoms with Gasteiger partial charge in [0.15, 0.2) is 0 Å². The van der Waals surface area contributed by atoms with E-state index in [9.17, 15) is 4.39 Å². The average molecular weight is 534 g/mol. The Bertz CT molecular complexity index is 1520. The molecular weight excluding hydrogens is 501 g/mol. The molecule has 6 rings (SSSR count). The molecule has 0 radical (unpaired) electrons. The van der Waals surface area contributed by atoms with Crippen LogP contribution in [0.2, 0.25) is 0 Å². The number of methoxy groups -OCH3 is 2. The standard InChI is InChI=1S/C34H32FN3O2/c1-39-29-16-12-24(13-17-29)20-27-22-37(21-26-8-6-7-11-32(26)35)23-31-33(27)36-38(28-9-4-3-5-10-28)34(31)25-14-18-30(40-2)19-15-25/h3-20,31,34H,21-23H2,1-2H3. The minimum atomic E-state index is -0.174. The van der Waals surface area contributed by atoms with Crippen LogP contribution in [0.25, 0.3) is 6.08 Å². The highest BCUT2D eigenvalue weighted by Crippen LogP contribution is 2.44. The molecule has 0 amide bonds. The van der Waals surface area contributed by atoms with Crippen molar-refractivity contribution in [3.63, 3.8) is 0 Å². The van der Waals surface area contributed by atoms with Gasteiger partial charge in [0, 0.05) is 31.1 Å². The Balaban J connectivity index is 1.44. The summed E-state index contributed by atoms with van der Waals surface area (Å²) >= 11 is 0. The van der Waals surface area contributed by atoms with Crippen molar-refractivity contribution in [2.75, 3.05) is 32.3 Å². The number of hydrogen-bond acceptors (Lipinski definition) is 5. The maximum Gasteiger partial charge on any atom is 0.127 e. The van der Waals surface area contributed by atoms with Gasteiger partial charge in [-0.3, -0.25) is 9.91 Å². The molecule has 0 N–H and O–H groups in total. The smallest absolute Gasteiger partial charge is 0.127 e. The lowest BCUT2D eigenvalue weighted by Crippen LogP contribution is -2.43. The second-order valence-electron chi connectivity index (χ2n) is 10.2. The number of halogens is 1. The summed E-state index contributed by atoms with van der Waals surface area (Å²) in [7, 11) is 3.35. The first-order valence-electron chi connectivity index (χ1n) is 13.5. The third kappa shape index (κ3) is 5.23. The molecule has 1 fully saturated rings. The van der Waals surface area contributed by atoms with Gasteiger partial charge in [-0.25, -0.2) is 4.39 Å². The summed E-state index contributed by atoms with van der Waals surface area (Å²) < 4.78 is 25.5. The van der Waals surface area contributed by atoms with Crippen LogP contribution in [0.1, 0.15) is 22.7 Å². The van der Waals surface area contributed by atoms with Crippen LogP contribution in [0.5, 0.6) is 11.5 Å². The molecule has 6 heteroatoms. The zero-order valence-electron chi connectivity index (χ0n) is 22.7. The highest BCUT2D eigenvalue weighted by molar-refractivity contribution is 6.09. The Kier molecular flexibility index (Phi) is 7.34. The van der Waals surface area contributed by atoms with Crippen molar-refractivity contribution in [3.8, 4) is 11.5 Å². The van der Waals surface area contributed by atoms with Crippen LogP contribution in [0, 0.1) is 11.7 Å². The normalized spacial score (nSPS) is 19.8. The summed E-state index contributed by atoms with van der Waals surface area (Å²) in [5.74, 6) is 1.54. The number of piperidine rings is 1. The predicted molar refractivity (Wildman–Crippen MR) is 158 cm³/mol. The molecule has 0 aliphatic carbocycles. The van der Waals surface area contributed by atoms with Crippen molar-refractivity contribution in [3.05, 3.63) is 131 Å². The summed E-state index contributed by atoms with van der Waals surface area (Å²) in [6.07, 6.45) is 2.21. The predicted octanol–water partition coefficient (Wildman–Crippen LogP) is 6.98. The van der Waals surface area contributed by atoms with Crippen LogP contribution >= 0.6 is 0 Å². The zero-order valence-corrected chi connectivity index (χ0v) is 22.7. The third-order valence-corrected chi connectivity index (χ3v) is 7.68. The lowest BCUT2D eigenvalue weighted by Gasteiger charge is -2.36. The number of likely N-dealkylation sites (tertiary alicyclic amines) is 1. The molecule has 2 unspecified atom stereocenters. The SMILES string of the molecule is COc1ccc(C=C2CN(Cc3ccccc3F)CC3C2=NN(c2ccccc2)C3c2ccc(OC)cc2)cc1. The topological polar surface area (TPSA) is 37.3 Å². The lowest BCUT2D eigenvalue weighted by molar-refractivity contribution is 0.242. The van der Waals surface area contributed by atoms with Crippen molar-refractivity contribution < 1.29 is 13.9 Å². The Morgan fingerprint density at radius 2 is 1.48 bits per heavy atom. The van der Waals surface area contributed by atoms with Crippen LogP contribution in [0.15, 0.2) is 114 Å². The van der Waals surface area contributed by atoms with Crippen LogP contribution in [0.3, 0.4) is 0 Å². The summed E-state index contributed by atoms with van der Waals surface area (Å²) in [4.78, 5) is 2.34. The van der Waals surface area contributed by atoms with Gasteiger partial charge in [-0.2, -0.15) is 5.10 Å². The molecule has 4 aromatic carbocycles. The minimum Gasteiger partial charge on any atom is -0.497 e. The molecule has 2 atom stereocenters. The van der Waals surface area contributed by atoms with Gasteiger partial charge in [0.25, 0.3) is 0 Å². The van der Waals surface area contributed by atoms with E-state index in [2.05, 4.69) is 52.4 Å². The second kappa shape index (κ2) is 11.4. The molecule has 5 nitrogen and oxygen atoms in total. The number of hydrazone groups is 1. The number of anilines is 1. The van der Waals surface area contributed by atoms with Crippen LogP contribution in [-0.4, -0.2) is 37.9 Å². The van der Waals surface area contributed by atoms with E-state index in [1.165, 1.54) is 6.07 Å². The highest BCUT2D eigenvalue weighted by Gasteiger charge is 2.44. The van der Waals surface area contributed by atoms with E-state index in [-0.39, 0.29) is 17.8 Å². The van der Waals surface area contributed by atoms with Crippen LogP contribution < -0.4 is 14.5 Å². The molecule has 0 aromatic heterocycles. The largest absolute Gasteiger partial charge is 0.497 e. The average Bonchev–Trinajstić information content (AvgIpc) is 3.39. The fraction of sp³-hybridized carbons (Fsp3) is 0.206. The van der Waals surface area contributed by atoms with Gasteiger partial charge in [-0.05, 0) is 65.2 Å². The molecule has 0 bridgehead atoms. The fourth-order valence-electron chi connectivity index (χ4n) is 5.71. The highest BCUT2D eigenvalue weighted by atomic mass is 19.1. The van der Waals surface area contributed by atoms with E-state index >= 15 is 0 Å². The number of para-hydroxylation sites is 1. The molecule has 0 saturated carbocycles. The maximum atomic E-state index is 14.7. The first-order chi connectivity index (χ1) is 19.6. The molecule has 2 aliphatic rings.